The molecule has 0 aliphatic carbocycles. The summed E-state index contributed by atoms with van der Waals surface area (Å²) in [7, 11) is 3.49. The third kappa shape index (κ3) is 3.49. The summed E-state index contributed by atoms with van der Waals surface area (Å²) in [4.78, 5) is 28.5. The van der Waals surface area contributed by atoms with Crippen LogP contribution < -0.4 is 0 Å². The van der Waals surface area contributed by atoms with Crippen LogP contribution in [0.15, 0.2) is 0 Å². The number of carbonyl (C=O) groups excluding carboxylic acids is 2. The second kappa shape index (κ2) is 6.33. The van der Waals surface area contributed by atoms with E-state index in [1.54, 1.807) is 21.6 Å². The second-order valence-corrected chi connectivity index (χ2v) is 7.62. The van der Waals surface area contributed by atoms with Gasteiger partial charge in [-0.15, -0.1) is 0 Å². The molecule has 0 radical (unpaired) electrons. The van der Waals surface area contributed by atoms with Crippen LogP contribution in [-0.4, -0.2) is 70.0 Å². The lowest BCUT2D eigenvalue weighted by Gasteiger charge is -2.38. The van der Waals surface area contributed by atoms with Gasteiger partial charge in [0.2, 0.25) is 0 Å². The normalized spacial score (nSPS) is 18.0. The van der Waals surface area contributed by atoms with Crippen molar-refractivity contribution in [2.75, 3.05) is 26.7 Å². The van der Waals surface area contributed by atoms with Gasteiger partial charge in [-0.25, -0.2) is 4.79 Å². The molecule has 8 nitrogen and oxygen atoms in total. The molecule has 0 atom stereocenters. The highest BCUT2D eigenvalue weighted by Gasteiger charge is 2.36. The van der Waals surface area contributed by atoms with Gasteiger partial charge in [-0.2, -0.15) is 5.10 Å². The molecular formula is C17H26N4O4. The zero-order valence-electron chi connectivity index (χ0n) is 15.5. The molecule has 2 aliphatic rings. The Morgan fingerprint density at radius 1 is 1.20 bits per heavy atom. The Morgan fingerprint density at radius 3 is 2.48 bits per heavy atom. The molecule has 3 heterocycles. The van der Waals surface area contributed by atoms with E-state index in [1.165, 1.54) is 0 Å². The van der Waals surface area contributed by atoms with Crippen LogP contribution in [0.2, 0.25) is 0 Å². The third-order valence-electron chi connectivity index (χ3n) is 4.57. The van der Waals surface area contributed by atoms with Gasteiger partial charge in [-0.3, -0.25) is 9.48 Å². The van der Waals surface area contributed by atoms with Crippen LogP contribution in [0.5, 0.6) is 0 Å². The maximum atomic E-state index is 12.7. The minimum atomic E-state index is -0.544. The lowest BCUT2D eigenvalue weighted by atomic mass is 10.0. The molecule has 1 saturated heterocycles. The van der Waals surface area contributed by atoms with Crippen LogP contribution >= 0.6 is 0 Å². The standard InChI is InChI=1S/C17H26N4O4/c1-17(2,3)25-16(23)20-7-6-13-12(10-20)14(18-19(13)4)15(22)21-8-11(9-21)24-5/h11H,6-10H2,1-5H3. The van der Waals surface area contributed by atoms with Gasteiger partial charge in [-0.1, -0.05) is 0 Å². The summed E-state index contributed by atoms with van der Waals surface area (Å²) in [6.45, 7) is 7.60. The van der Waals surface area contributed by atoms with Gasteiger partial charge in [0.15, 0.2) is 5.69 Å². The first-order valence-corrected chi connectivity index (χ1v) is 8.54. The predicted molar refractivity (Wildman–Crippen MR) is 90.3 cm³/mol. The minimum absolute atomic E-state index is 0.0988. The van der Waals surface area contributed by atoms with Gasteiger partial charge >= 0.3 is 6.09 Å². The molecule has 8 heteroatoms. The van der Waals surface area contributed by atoms with Crippen molar-refractivity contribution in [3.63, 3.8) is 0 Å². The Kier molecular flexibility index (Phi) is 4.49. The van der Waals surface area contributed by atoms with Crippen molar-refractivity contribution in [1.29, 1.82) is 0 Å². The van der Waals surface area contributed by atoms with Crippen LogP contribution in [-0.2, 0) is 29.5 Å². The molecule has 3 rings (SSSR count). The molecule has 0 saturated carbocycles. The molecule has 25 heavy (non-hydrogen) atoms. The van der Waals surface area contributed by atoms with Crippen molar-refractivity contribution < 1.29 is 19.1 Å². The van der Waals surface area contributed by atoms with Gasteiger partial charge in [0.05, 0.1) is 12.6 Å². The summed E-state index contributed by atoms with van der Waals surface area (Å²) in [6.07, 6.45) is 0.400. The molecule has 0 N–H and O–H groups in total. The number of likely N-dealkylation sites (tertiary alicyclic amines) is 1. The molecule has 0 spiro atoms. The molecule has 2 amide bonds. The summed E-state index contributed by atoms with van der Waals surface area (Å²) in [6, 6.07) is 0. The summed E-state index contributed by atoms with van der Waals surface area (Å²) >= 11 is 0. The number of methoxy groups -OCH3 is 1. The van der Waals surface area contributed by atoms with E-state index < -0.39 is 5.60 Å². The summed E-state index contributed by atoms with van der Waals surface area (Å²) in [5.74, 6) is -0.101. The van der Waals surface area contributed by atoms with E-state index in [2.05, 4.69) is 5.10 Å². The van der Waals surface area contributed by atoms with Crippen molar-refractivity contribution in [3.05, 3.63) is 17.0 Å². The van der Waals surface area contributed by atoms with E-state index in [1.807, 2.05) is 27.8 Å². The first-order chi connectivity index (χ1) is 11.7. The highest BCUT2D eigenvalue weighted by Crippen LogP contribution is 2.26. The lowest BCUT2D eigenvalue weighted by molar-refractivity contribution is -0.0196. The number of ether oxygens (including phenoxy) is 2. The minimum Gasteiger partial charge on any atom is -0.444 e. The highest BCUT2D eigenvalue weighted by atomic mass is 16.6. The van der Waals surface area contributed by atoms with Crippen LogP contribution in [0.4, 0.5) is 4.79 Å². The fourth-order valence-corrected chi connectivity index (χ4v) is 3.15. The number of carbonyl (C=O) groups is 2. The molecule has 0 bridgehead atoms. The Morgan fingerprint density at radius 2 is 1.88 bits per heavy atom. The maximum Gasteiger partial charge on any atom is 0.410 e. The van der Waals surface area contributed by atoms with E-state index in [0.717, 1.165) is 11.3 Å². The Labute approximate surface area is 147 Å². The van der Waals surface area contributed by atoms with Gasteiger partial charge < -0.3 is 19.3 Å². The lowest BCUT2D eigenvalue weighted by Crippen LogP contribution is -2.54. The van der Waals surface area contributed by atoms with Crippen molar-refractivity contribution in [3.8, 4) is 0 Å². The first kappa shape index (κ1) is 17.7. The SMILES string of the molecule is COC1CN(C(=O)c2nn(C)c3c2CN(C(=O)OC(C)(C)C)CC3)C1. The van der Waals surface area contributed by atoms with Crippen LogP contribution in [0, 0.1) is 0 Å². The number of hydrogen-bond donors (Lipinski definition) is 0. The summed E-state index contributed by atoms with van der Waals surface area (Å²) in [5, 5.41) is 4.42. The number of nitrogens with zero attached hydrogens (tertiary/aromatic N) is 4. The Bertz CT molecular complexity index is 686. The van der Waals surface area contributed by atoms with Crippen molar-refractivity contribution in [2.24, 2.45) is 7.05 Å². The fourth-order valence-electron chi connectivity index (χ4n) is 3.15. The Hall–Kier alpha value is -2.09. The predicted octanol–water partition coefficient (Wildman–Crippen LogP) is 1.18. The molecular weight excluding hydrogens is 324 g/mol. The number of amides is 2. The zero-order chi connectivity index (χ0) is 18.4. The maximum absolute atomic E-state index is 12.7. The van der Waals surface area contributed by atoms with Crippen molar-refractivity contribution >= 4 is 12.0 Å². The van der Waals surface area contributed by atoms with Crippen LogP contribution in [0.1, 0.15) is 42.5 Å². The third-order valence-corrected chi connectivity index (χ3v) is 4.57. The van der Waals surface area contributed by atoms with E-state index in [9.17, 15) is 9.59 Å². The molecule has 0 aromatic carbocycles. The molecule has 0 unspecified atom stereocenters. The monoisotopic (exact) mass is 350 g/mol. The molecule has 1 aromatic heterocycles. The largest absolute Gasteiger partial charge is 0.444 e. The second-order valence-electron chi connectivity index (χ2n) is 7.62. The number of rotatable bonds is 2. The molecule has 1 fully saturated rings. The van der Waals surface area contributed by atoms with Crippen LogP contribution in [0.3, 0.4) is 0 Å². The number of aromatic nitrogens is 2. The quantitative estimate of drug-likeness (QED) is 0.801. The Balaban J connectivity index is 1.77. The zero-order valence-corrected chi connectivity index (χ0v) is 15.5. The first-order valence-electron chi connectivity index (χ1n) is 8.54. The highest BCUT2D eigenvalue weighted by molar-refractivity contribution is 5.94. The van der Waals surface area contributed by atoms with Crippen molar-refractivity contribution in [2.45, 2.75) is 45.4 Å². The molecule has 2 aliphatic heterocycles. The van der Waals surface area contributed by atoms with Gasteiger partial charge in [0.25, 0.3) is 5.91 Å². The van der Waals surface area contributed by atoms with E-state index in [4.69, 9.17) is 9.47 Å². The van der Waals surface area contributed by atoms with Gasteiger partial charge in [0, 0.05) is 51.5 Å². The number of aryl methyl sites for hydroxylation is 1. The fraction of sp³-hybridized carbons (Fsp3) is 0.706. The van der Waals surface area contributed by atoms with E-state index >= 15 is 0 Å². The smallest absolute Gasteiger partial charge is 0.410 e. The van der Waals surface area contributed by atoms with Crippen molar-refractivity contribution in [1.82, 2.24) is 19.6 Å². The average Bonchev–Trinajstić information content (AvgIpc) is 2.81. The summed E-state index contributed by atoms with van der Waals surface area (Å²) < 4.78 is 12.4. The topological polar surface area (TPSA) is 76.9 Å². The average molecular weight is 350 g/mol. The number of fused-ring (bicyclic) bond motifs is 1. The molecule has 138 valence electrons. The van der Waals surface area contributed by atoms with E-state index in [0.29, 0.717) is 38.3 Å². The van der Waals surface area contributed by atoms with Gasteiger partial charge in [-0.05, 0) is 20.8 Å². The summed E-state index contributed by atoms with van der Waals surface area (Å²) in [5.41, 5.74) is 1.72. The van der Waals surface area contributed by atoms with Crippen LogP contribution in [0.25, 0.3) is 0 Å². The molecule has 1 aromatic rings. The number of hydrogen-bond acceptors (Lipinski definition) is 5. The van der Waals surface area contributed by atoms with E-state index in [-0.39, 0.29) is 18.1 Å². The van der Waals surface area contributed by atoms with Gasteiger partial charge in [0.1, 0.15) is 5.60 Å².